The van der Waals surface area contributed by atoms with Crippen LogP contribution in [-0.2, 0) is 0 Å². The van der Waals surface area contributed by atoms with Gasteiger partial charge in [-0.3, -0.25) is 0 Å². The Kier molecular flexibility index (Phi) is 2.70. The Morgan fingerprint density at radius 3 is 2.60 bits per heavy atom. The Hall–Kier alpha value is -0.550. The quantitative estimate of drug-likeness (QED) is 0.592. The summed E-state index contributed by atoms with van der Waals surface area (Å²) < 4.78 is 0. The van der Waals surface area contributed by atoms with Crippen molar-refractivity contribution in [3.05, 3.63) is 0 Å². The molecule has 1 rings (SSSR count). The maximum atomic E-state index is 8.70. The van der Waals surface area contributed by atoms with E-state index in [1.807, 2.05) is 7.05 Å². The first-order valence-electron chi connectivity index (χ1n) is 3.95. The van der Waals surface area contributed by atoms with Gasteiger partial charge in [0.15, 0.2) is 0 Å². The molecule has 0 unspecified atom stereocenters. The molecule has 0 radical (unpaired) electrons. The summed E-state index contributed by atoms with van der Waals surface area (Å²) in [5.41, 5.74) is 0. The fourth-order valence-corrected chi connectivity index (χ4v) is 1.63. The molecular weight excluding hydrogens is 124 g/mol. The fourth-order valence-electron chi connectivity index (χ4n) is 1.63. The second-order valence-electron chi connectivity index (χ2n) is 2.92. The van der Waals surface area contributed by atoms with Crippen LogP contribution < -0.4 is 5.32 Å². The summed E-state index contributed by atoms with van der Waals surface area (Å²) in [7, 11) is 1.94. The van der Waals surface area contributed by atoms with Gasteiger partial charge < -0.3 is 5.32 Å². The Bertz CT molecular complexity index is 137. The van der Waals surface area contributed by atoms with Crippen molar-refractivity contribution in [2.75, 3.05) is 7.05 Å². The van der Waals surface area contributed by atoms with E-state index >= 15 is 0 Å². The molecule has 0 aromatic carbocycles. The molecule has 0 heterocycles. The molecule has 0 saturated heterocycles. The molecular formula is C8H14N2. The highest BCUT2D eigenvalue weighted by Gasteiger charge is 2.22. The van der Waals surface area contributed by atoms with Gasteiger partial charge in [-0.2, -0.15) is 5.26 Å². The van der Waals surface area contributed by atoms with E-state index < -0.39 is 0 Å². The molecule has 1 aliphatic carbocycles. The standard InChI is InChI=1S/C8H14N2/c1-10-8-5-3-2-4-7(8)6-9/h7-8,10H,2-5H2,1H3/t7-,8-/m0/s1. The van der Waals surface area contributed by atoms with Crippen LogP contribution in [0.2, 0.25) is 0 Å². The van der Waals surface area contributed by atoms with Crippen LogP contribution in [0, 0.1) is 17.2 Å². The highest BCUT2D eigenvalue weighted by molar-refractivity contribution is 4.93. The van der Waals surface area contributed by atoms with Crippen molar-refractivity contribution in [3.63, 3.8) is 0 Å². The molecule has 1 N–H and O–H groups in total. The highest BCUT2D eigenvalue weighted by atomic mass is 14.9. The Morgan fingerprint density at radius 2 is 2.10 bits per heavy atom. The van der Waals surface area contributed by atoms with Crippen LogP contribution in [-0.4, -0.2) is 13.1 Å². The van der Waals surface area contributed by atoms with Crippen LogP contribution in [0.4, 0.5) is 0 Å². The van der Waals surface area contributed by atoms with Crippen molar-refractivity contribution >= 4 is 0 Å². The second kappa shape index (κ2) is 3.58. The van der Waals surface area contributed by atoms with Gasteiger partial charge in [0.25, 0.3) is 0 Å². The molecule has 2 nitrogen and oxygen atoms in total. The molecule has 0 amide bonds. The summed E-state index contributed by atoms with van der Waals surface area (Å²) in [4.78, 5) is 0. The summed E-state index contributed by atoms with van der Waals surface area (Å²) in [6.45, 7) is 0. The van der Waals surface area contributed by atoms with Crippen LogP contribution >= 0.6 is 0 Å². The molecule has 0 aromatic rings. The van der Waals surface area contributed by atoms with Gasteiger partial charge in [0.2, 0.25) is 0 Å². The summed E-state index contributed by atoms with van der Waals surface area (Å²) in [5, 5.41) is 11.9. The maximum Gasteiger partial charge on any atom is 0.0672 e. The van der Waals surface area contributed by atoms with Crippen LogP contribution in [0.25, 0.3) is 0 Å². The largest absolute Gasteiger partial charge is 0.316 e. The lowest BCUT2D eigenvalue weighted by Gasteiger charge is -2.25. The summed E-state index contributed by atoms with van der Waals surface area (Å²) in [5.74, 6) is 0.263. The molecule has 2 atom stereocenters. The minimum atomic E-state index is 0.263. The van der Waals surface area contributed by atoms with Gasteiger partial charge >= 0.3 is 0 Å². The van der Waals surface area contributed by atoms with Crippen molar-refractivity contribution in [3.8, 4) is 6.07 Å². The lowest BCUT2D eigenvalue weighted by atomic mass is 9.86. The van der Waals surface area contributed by atoms with Crippen molar-refractivity contribution < 1.29 is 0 Å². The molecule has 1 fully saturated rings. The molecule has 1 aliphatic rings. The zero-order chi connectivity index (χ0) is 7.40. The third kappa shape index (κ3) is 1.48. The van der Waals surface area contributed by atoms with Crippen molar-refractivity contribution in [1.82, 2.24) is 5.32 Å². The zero-order valence-corrected chi connectivity index (χ0v) is 6.43. The molecule has 2 heteroatoms. The first-order valence-corrected chi connectivity index (χ1v) is 3.95. The minimum absolute atomic E-state index is 0.263. The van der Waals surface area contributed by atoms with Gasteiger partial charge in [-0.15, -0.1) is 0 Å². The van der Waals surface area contributed by atoms with Crippen LogP contribution in [0.15, 0.2) is 0 Å². The fraction of sp³-hybridized carbons (Fsp3) is 0.875. The van der Waals surface area contributed by atoms with Crippen molar-refractivity contribution in [2.24, 2.45) is 5.92 Å². The highest BCUT2D eigenvalue weighted by Crippen LogP contribution is 2.22. The van der Waals surface area contributed by atoms with Crippen LogP contribution in [0.5, 0.6) is 0 Å². The third-order valence-electron chi connectivity index (χ3n) is 2.30. The summed E-state index contributed by atoms with van der Waals surface area (Å²) in [6.07, 6.45) is 4.77. The minimum Gasteiger partial charge on any atom is -0.316 e. The SMILES string of the molecule is CN[C@H]1CCCC[C@H]1C#N. The normalized spacial score (nSPS) is 33.2. The molecule has 0 spiro atoms. The van der Waals surface area contributed by atoms with Gasteiger partial charge in [-0.05, 0) is 19.9 Å². The van der Waals surface area contributed by atoms with Crippen LogP contribution in [0.3, 0.4) is 0 Å². The van der Waals surface area contributed by atoms with E-state index in [9.17, 15) is 0 Å². The number of hydrogen-bond acceptors (Lipinski definition) is 2. The zero-order valence-electron chi connectivity index (χ0n) is 6.43. The van der Waals surface area contributed by atoms with Gasteiger partial charge in [0.1, 0.15) is 0 Å². The Labute approximate surface area is 62.2 Å². The number of nitriles is 1. The maximum absolute atomic E-state index is 8.70. The van der Waals surface area contributed by atoms with E-state index in [0.717, 1.165) is 6.42 Å². The average molecular weight is 138 g/mol. The van der Waals surface area contributed by atoms with Gasteiger partial charge in [0, 0.05) is 6.04 Å². The van der Waals surface area contributed by atoms with Gasteiger partial charge in [-0.1, -0.05) is 12.8 Å². The molecule has 10 heavy (non-hydrogen) atoms. The first-order chi connectivity index (χ1) is 4.88. The Balaban J connectivity index is 2.44. The first kappa shape index (κ1) is 7.56. The topological polar surface area (TPSA) is 35.8 Å². The molecule has 0 aromatic heterocycles. The number of nitrogens with one attached hydrogen (secondary N) is 1. The Morgan fingerprint density at radius 1 is 1.40 bits per heavy atom. The van der Waals surface area contributed by atoms with Gasteiger partial charge in [0.05, 0.1) is 12.0 Å². The van der Waals surface area contributed by atoms with E-state index in [1.54, 1.807) is 0 Å². The molecule has 0 aliphatic heterocycles. The van der Waals surface area contributed by atoms with E-state index in [0.29, 0.717) is 6.04 Å². The molecule has 0 bridgehead atoms. The summed E-state index contributed by atoms with van der Waals surface area (Å²) >= 11 is 0. The third-order valence-corrected chi connectivity index (χ3v) is 2.30. The van der Waals surface area contributed by atoms with Crippen molar-refractivity contribution in [1.29, 1.82) is 5.26 Å². The number of rotatable bonds is 1. The lowest BCUT2D eigenvalue weighted by Crippen LogP contribution is -2.35. The number of hydrogen-bond donors (Lipinski definition) is 1. The van der Waals surface area contributed by atoms with Crippen LogP contribution in [0.1, 0.15) is 25.7 Å². The van der Waals surface area contributed by atoms with Gasteiger partial charge in [-0.25, -0.2) is 0 Å². The average Bonchev–Trinajstić information content (AvgIpc) is 2.04. The van der Waals surface area contributed by atoms with E-state index in [4.69, 9.17) is 5.26 Å². The predicted molar refractivity (Wildman–Crippen MR) is 40.4 cm³/mol. The second-order valence-corrected chi connectivity index (χ2v) is 2.92. The molecule has 1 saturated carbocycles. The number of nitrogens with zero attached hydrogens (tertiary/aromatic N) is 1. The van der Waals surface area contributed by atoms with Crippen molar-refractivity contribution in [2.45, 2.75) is 31.7 Å². The summed E-state index contributed by atoms with van der Waals surface area (Å²) in [6, 6.07) is 2.80. The monoisotopic (exact) mass is 138 g/mol. The predicted octanol–water partition coefficient (Wildman–Crippen LogP) is 1.29. The van der Waals surface area contributed by atoms with E-state index in [1.165, 1.54) is 19.3 Å². The lowest BCUT2D eigenvalue weighted by molar-refractivity contribution is 0.328. The molecule has 56 valence electrons. The smallest absolute Gasteiger partial charge is 0.0672 e. The van der Waals surface area contributed by atoms with E-state index in [-0.39, 0.29) is 5.92 Å². The van der Waals surface area contributed by atoms with E-state index in [2.05, 4.69) is 11.4 Å².